The Kier molecular flexibility index (Phi) is 5.44. The average Bonchev–Trinajstić information content (AvgIpc) is 2.33. The third-order valence-electron chi connectivity index (χ3n) is 2.51. The zero-order valence-electron chi connectivity index (χ0n) is 10.8. The van der Waals surface area contributed by atoms with Gasteiger partial charge >= 0.3 is 5.69 Å². The van der Waals surface area contributed by atoms with Crippen LogP contribution in [0.2, 0.25) is 0 Å². The van der Waals surface area contributed by atoms with Crippen molar-refractivity contribution < 1.29 is 4.74 Å². The number of rotatable bonds is 7. The number of H-pyrrole nitrogens is 1. The van der Waals surface area contributed by atoms with Gasteiger partial charge in [0, 0.05) is 26.8 Å². The number of nitrogens with one attached hydrogen (secondary N) is 2. The Bertz CT molecular complexity index is 492. The Morgan fingerprint density at radius 3 is 2.78 bits per heavy atom. The van der Waals surface area contributed by atoms with Gasteiger partial charge in [-0.25, -0.2) is 4.79 Å². The van der Waals surface area contributed by atoms with E-state index in [2.05, 4.69) is 10.3 Å². The van der Waals surface area contributed by atoms with Crippen molar-refractivity contribution in [2.45, 2.75) is 26.3 Å². The number of hydrogen-bond donors (Lipinski definition) is 3. The third kappa shape index (κ3) is 3.36. The molecule has 0 bridgehead atoms. The van der Waals surface area contributed by atoms with E-state index >= 15 is 0 Å². The Morgan fingerprint density at radius 1 is 1.44 bits per heavy atom. The Labute approximate surface area is 105 Å². The minimum absolute atomic E-state index is 0.183. The number of hydrogen-bond acceptors (Lipinski definition) is 5. The number of anilines is 2. The molecule has 0 aliphatic heterocycles. The van der Waals surface area contributed by atoms with Crippen molar-refractivity contribution in [2.24, 2.45) is 0 Å². The smallest absolute Gasteiger partial charge is 0.330 e. The second-order valence-corrected chi connectivity index (χ2v) is 3.94. The lowest BCUT2D eigenvalue weighted by Gasteiger charge is -2.12. The number of methoxy groups -OCH3 is 1. The van der Waals surface area contributed by atoms with Gasteiger partial charge in [-0.1, -0.05) is 6.92 Å². The van der Waals surface area contributed by atoms with Crippen molar-refractivity contribution in [2.75, 3.05) is 31.3 Å². The molecule has 18 heavy (non-hydrogen) atoms. The summed E-state index contributed by atoms with van der Waals surface area (Å²) >= 11 is 0. The third-order valence-corrected chi connectivity index (χ3v) is 2.51. The summed E-state index contributed by atoms with van der Waals surface area (Å²) in [5.74, 6) is 0.183. The SMILES string of the molecule is CCCn1c(N)c(NCCCOC)c(=O)[nH]c1=O. The molecule has 4 N–H and O–H groups in total. The molecule has 1 aromatic heterocycles. The molecule has 7 heteroatoms. The van der Waals surface area contributed by atoms with Crippen LogP contribution in [-0.4, -0.2) is 29.8 Å². The molecule has 0 saturated heterocycles. The van der Waals surface area contributed by atoms with Gasteiger partial charge in [0.1, 0.15) is 11.5 Å². The van der Waals surface area contributed by atoms with E-state index in [9.17, 15) is 9.59 Å². The van der Waals surface area contributed by atoms with Crippen molar-refractivity contribution in [3.8, 4) is 0 Å². The van der Waals surface area contributed by atoms with Crippen molar-refractivity contribution >= 4 is 11.5 Å². The van der Waals surface area contributed by atoms with Gasteiger partial charge in [-0.3, -0.25) is 14.3 Å². The molecule has 0 amide bonds. The number of nitrogen functional groups attached to an aromatic ring is 1. The highest BCUT2D eigenvalue weighted by molar-refractivity contribution is 5.60. The molecule has 0 fully saturated rings. The van der Waals surface area contributed by atoms with E-state index in [1.165, 1.54) is 4.57 Å². The van der Waals surface area contributed by atoms with Crippen molar-refractivity contribution in [1.29, 1.82) is 0 Å². The molecule has 0 saturated carbocycles. The van der Waals surface area contributed by atoms with Crippen LogP contribution >= 0.6 is 0 Å². The molecule has 0 radical (unpaired) electrons. The van der Waals surface area contributed by atoms with E-state index in [1.807, 2.05) is 6.92 Å². The topological polar surface area (TPSA) is 102 Å². The first-order valence-corrected chi connectivity index (χ1v) is 5.97. The molecule has 0 unspecified atom stereocenters. The maximum atomic E-state index is 11.6. The quantitative estimate of drug-likeness (QED) is 0.595. The standard InChI is InChI=1S/C11H20N4O3/c1-3-6-15-9(12)8(10(16)14-11(15)17)13-5-4-7-18-2/h13H,3-7,12H2,1-2H3,(H,14,16,17). The number of nitrogens with zero attached hydrogens (tertiary/aromatic N) is 1. The first-order valence-electron chi connectivity index (χ1n) is 5.97. The van der Waals surface area contributed by atoms with E-state index in [-0.39, 0.29) is 11.5 Å². The van der Waals surface area contributed by atoms with Crippen LogP contribution in [0.3, 0.4) is 0 Å². The summed E-state index contributed by atoms with van der Waals surface area (Å²) in [5.41, 5.74) is 5.13. The van der Waals surface area contributed by atoms with Crippen molar-refractivity contribution in [1.82, 2.24) is 9.55 Å². The number of ether oxygens (including phenoxy) is 1. The monoisotopic (exact) mass is 256 g/mol. The summed E-state index contributed by atoms with van der Waals surface area (Å²) in [7, 11) is 1.61. The molecule has 0 spiro atoms. The van der Waals surface area contributed by atoms with Gasteiger partial charge in [-0.15, -0.1) is 0 Å². The molecule has 0 aromatic carbocycles. The molecule has 0 atom stereocenters. The number of aromatic nitrogens is 2. The van der Waals surface area contributed by atoms with E-state index in [1.54, 1.807) is 7.11 Å². The van der Waals surface area contributed by atoms with E-state index in [0.717, 1.165) is 12.8 Å². The molecule has 0 aliphatic carbocycles. The highest BCUT2D eigenvalue weighted by Gasteiger charge is 2.10. The summed E-state index contributed by atoms with van der Waals surface area (Å²) in [6.07, 6.45) is 1.52. The van der Waals surface area contributed by atoms with E-state index in [4.69, 9.17) is 10.5 Å². The molecule has 1 rings (SSSR count). The molecule has 1 aromatic rings. The Hall–Kier alpha value is -1.76. The lowest BCUT2D eigenvalue weighted by Crippen LogP contribution is -2.34. The Morgan fingerprint density at radius 2 is 2.17 bits per heavy atom. The van der Waals surface area contributed by atoms with Gasteiger partial charge < -0.3 is 15.8 Å². The van der Waals surface area contributed by atoms with Crippen LogP contribution in [0.5, 0.6) is 0 Å². The van der Waals surface area contributed by atoms with Gasteiger partial charge in [-0.05, 0) is 12.8 Å². The van der Waals surface area contributed by atoms with Crippen LogP contribution in [0, 0.1) is 0 Å². The predicted octanol–water partition coefficient (Wildman–Crippen LogP) is -0.0228. The molecular weight excluding hydrogens is 236 g/mol. The van der Waals surface area contributed by atoms with Gasteiger partial charge in [0.15, 0.2) is 0 Å². The maximum Gasteiger partial charge on any atom is 0.330 e. The summed E-state index contributed by atoms with van der Waals surface area (Å²) in [4.78, 5) is 25.4. The first kappa shape index (κ1) is 14.3. The number of nitrogens with two attached hydrogens (primary N) is 1. The van der Waals surface area contributed by atoms with E-state index in [0.29, 0.717) is 19.7 Å². The van der Waals surface area contributed by atoms with Crippen LogP contribution in [-0.2, 0) is 11.3 Å². The van der Waals surface area contributed by atoms with Gasteiger partial charge in [0.25, 0.3) is 5.56 Å². The number of aromatic amines is 1. The molecular formula is C11H20N4O3. The summed E-state index contributed by atoms with van der Waals surface area (Å²) in [6.45, 7) is 3.57. The Balaban J connectivity index is 2.93. The molecule has 1 heterocycles. The lowest BCUT2D eigenvalue weighted by molar-refractivity contribution is 0.198. The van der Waals surface area contributed by atoms with Crippen LogP contribution in [0.25, 0.3) is 0 Å². The average molecular weight is 256 g/mol. The van der Waals surface area contributed by atoms with Crippen LogP contribution in [0.4, 0.5) is 11.5 Å². The summed E-state index contributed by atoms with van der Waals surface area (Å²) in [6, 6.07) is 0. The summed E-state index contributed by atoms with van der Waals surface area (Å²) in [5, 5.41) is 2.93. The predicted molar refractivity (Wildman–Crippen MR) is 71.0 cm³/mol. The largest absolute Gasteiger partial charge is 0.385 e. The maximum absolute atomic E-state index is 11.6. The molecule has 7 nitrogen and oxygen atoms in total. The molecule has 102 valence electrons. The minimum atomic E-state index is -0.484. The summed E-state index contributed by atoms with van der Waals surface area (Å²) < 4.78 is 6.27. The fourth-order valence-electron chi connectivity index (χ4n) is 1.63. The van der Waals surface area contributed by atoms with Gasteiger partial charge in [0.05, 0.1) is 0 Å². The van der Waals surface area contributed by atoms with Crippen LogP contribution in [0.1, 0.15) is 19.8 Å². The van der Waals surface area contributed by atoms with Crippen LogP contribution < -0.4 is 22.3 Å². The minimum Gasteiger partial charge on any atom is -0.385 e. The van der Waals surface area contributed by atoms with Gasteiger partial charge in [-0.2, -0.15) is 0 Å². The fourth-order valence-corrected chi connectivity index (χ4v) is 1.63. The van der Waals surface area contributed by atoms with Crippen molar-refractivity contribution in [3.05, 3.63) is 20.8 Å². The zero-order chi connectivity index (χ0) is 13.5. The molecule has 0 aliphatic rings. The lowest BCUT2D eigenvalue weighted by atomic mass is 10.3. The second kappa shape index (κ2) is 6.85. The second-order valence-electron chi connectivity index (χ2n) is 3.94. The fraction of sp³-hybridized carbons (Fsp3) is 0.636. The normalized spacial score (nSPS) is 10.6. The highest BCUT2D eigenvalue weighted by atomic mass is 16.5. The van der Waals surface area contributed by atoms with Gasteiger partial charge in [0.2, 0.25) is 0 Å². The zero-order valence-corrected chi connectivity index (χ0v) is 10.8. The van der Waals surface area contributed by atoms with E-state index < -0.39 is 11.2 Å². The van der Waals surface area contributed by atoms with Crippen molar-refractivity contribution in [3.63, 3.8) is 0 Å². The first-order chi connectivity index (χ1) is 8.61. The highest BCUT2D eigenvalue weighted by Crippen LogP contribution is 2.10. The van der Waals surface area contributed by atoms with Crippen LogP contribution in [0.15, 0.2) is 9.59 Å².